The van der Waals surface area contributed by atoms with Gasteiger partial charge in [-0.25, -0.2) is 13.5 Å². The molecule has 0 aromatic carbocycles. The Morgan fingerprint density at radius 2 is 2.21 bits per heavy atom. The van der Waals surface area contributed by atoms with Crippen LogP contribution in [0.4, 0.5) is 8.78 Å². The zero-order valence-electron chi connectivity index (χ0n) is 10.5. The molecule has 1 unspecified atom stereocenters. The number of rotatable bonds is 3. The summed E-state index contributed by atoms with van der Waals surface area (Å²) in [5, 5.41) is 4.12. The van der Waals surface area contributed by atoms with Crippen LogP contribution in [0.25, 0.3) is 0 Å². The molecule has 0 amide bonds. The van der Waals surface area contributed by atoms with E-state index in [-0.39, 0.29) is 24.9 Å². The minimum Gasteiger partial charge on any atom is -0.357 e. The third kappa shape index (κ3) is 2.54. The summed E-state index contributed by atoms with van der Waals surface area (Å²) in [6, 6.07) is 0. The van der Waals surface area contributed by atoms with E-state index in [1.807, 2.05) is 0 Å². The lowest BCUT2D eigenvalue weighted by atomic mass is 9.77. The summed E-state index contributed by atoms with van der Waals surface area (Å²) in [7, 11) is 0. The fourth-order valence-corrected chi connectivity index (χ4v) is 2.64. The Hall–Kier alpha value is -1.30. The highest BCUT2D eigenvalue weighted by atomic mass is 19.3. The van der Waals surface area contributed by atoms with Crippen LogP contribution >= 0.6 is 0 Å². The van der Waals surface area contributed by atoms with Gasteiger partial charge in [0.25, 0.3) is 0 Å². The zero-order chi connectivity index (χ0) is 13.5. The largest absolute Gasteiger partial charge is 0.357 e. The van der Waals surface area contributed by atoms with Gasteiger partial charge in [-0.1, -0.05) is 0 Å². The summed E-state index contributed by atoms with van der Waals surface area (Å²) in [5.74, 6) is -3.45. The predicted octanol–water partition coefficient (Wildman–Crippen LogP) is 2.81. The molecule has 0 radical (unpaired) electrons. The lowest BCUT2D eigenvalue weighted by Gasteiger charge is -2.33. The molecule has 1 aromatic heterocycles. The first-order chi connectivity index (χ1) is 9.05. The topological polar surface area (TPSA) is 44.1 Å². The van der Waals surface area contributed by atoms with E-state index in [2.05, 4.69) is 5.10 Å². The van der Waals surface area contributed by atoms with Gasteiger partial charge in [-0.3, -0.25) is 4.79 Å². The van der Waals surface area contributed by atoms with E-state index >= 15 is 0 Å². The minimum absolute atomic E-state index is 0.127. The second-order valence-corrected chi connectivity index (χ2v) is 5.36. The smallest absolute Gasteiger partial charge is 0.249 e. The highest BCUT2D eigenvalue weighted by Crippen LogP contribution is 2.43. The fourth-order valence-electron chi connectivity index (χ4n) is 2.64. The maximum Gasteiger partial charge on any atom is 0.249 e. The SMILES string of the molecule is O=C(c1cnn(C2CCCCO2)c1)C1CC(F)(F)C1. The van der Waals surface area contributed by atoms with Gasteiger partial charge >= 0.3 is 0 Å². The normalized spacial score (nSPS) is 26.9. The van der Waals surface area contributed by atoms with Crippen LogP contribution in [0.3, 0.4) is 0 Å². The van der Waals surface area contributed by atoms with Crippen LogP contribution < -0.4 is 0 Å². The molecule has 1 aromatic rings. The van der Waals surface area contributed by atoms with Gasteiger partial charge in [0, 0.05) is 31.6 Å². The molecule has 1 atom stereocenters. The Balaban J connectivity index is 1.66. The second-order valence-electron chi connectivity index (χ2n) is 5.36. The van der Waals surface area contributed by atoms with Crippen molar-refractivity contribution in [3.8, 4) is 0 Å². The molecule has 0 bridgehead atoms. The van der Waals surface area contributed by atoms with E-state index in [0.29, 0.717) is 12.2 Å². The van der Waals surface area contributed by atoms with Crippen LogP contribution in [-0.2, 0) is 4.74 Å². The Kier molecular flexibility index (Phi) is 3.12. The minimum atomic E-state index is -2.66. The summed E-state index contributed by atoms with van der Waals surface area (Å²) in [6.07, 6.45) is 5.26. The highest BCUT2D eigenvalue weighted by Gasteiger charge is 2.48. The Bertz CT molecular complexity index is 473. The molecule has 0 N–H and O–H groups in total. The number of hydrogen-bond acceptors (Lipinski definition) is 3. The van der Waals surface area contributed by atoms with Gasteiger partial charge < -0.3 is 4.74 Å². The molecule has 104 valence electrons. The van der Waals surface area contributed by atoms with Crippen molar-refractivity contribution in [2.45, 2.75) is 44.3 Å². The third-order valence-electron chi connectivity index (χ3n) is 3.80. The van der Waals surface area contributed by atoms with E-state index < -0.39 is 11.8 Å². The molecule has 3 rings (SSSR count). The average Bonchev–Trinajstić information content (AvgIpc) is 2.85. The van der Waals surface area contributed by atoms with Crippen molar-refractivity contribution in [1.82, 2.24) is 9.78 Å². The molecular formula is C13H16F2N2O2. The Morgan fingerprint density at radius 3 is 2.84 bits per heavy atom. The Labute approximate surface area is 109 Å². The number of carbonyl (C=O) groups excluding carboxylic acids is 1. The summed E-state index contributed by atoms with van der Waals surface area (Å²) >= 11 is 0. The molecule has 1 saturated carbocycles. The van der Waals surface area contributed by atoms with E-state index in [1.54, 1.807) is 10.9 Å². The molecular weight excluding hydrogens is 254 g/mol. The van der Waals surface area contributed by atoms with Gasteiger partial charge in [0.15, 0.2) is 5.78 Å². The van der Waals surface area contributed by atoms with Gasteiger partial charge in [-0.05, 0) is 19.3 Å². The molecule has 0 spiro atoms. The van der Waals surface area contributed by atoms with E-state index in [9.17, 15) is 13.6 Å². The van der Waals surface area contributed by atoms with Crippen LogP contribution in [0, 0.1) is 5.92 Å². The maximum absolute atomic E-state index is 12.8. The molecule has 1 aliphatic carbocycles. The summed E-state index contributed by atoms with van der Waals surface area (Å²) in [6.45, 7) is 0.697. The first kappa shape index (κ1) is 12.7. The molecule has 19 heavy (non-hydrogen) atoms. The van der Waals surface area contributed by atoms with Gasteiger partial charge in [0.1, 0.15) is 6.23 Å². The number of alkyl halides is 2. The van der Waals surface area contributed by atoms with Gasteiger partial charge in [-0.2, -0.15) is 5.10 Å². The number of ketones is 1. The van der Waals surface area contributed by atoms with Crippen molar-refractivity contribution in [3.63, 3.8) is 0 Å². The fraction of sp³-hybridized carbons (Fsp3) is 0.692. The molecule has 1 aliphatic heterocycles. The van der Waals surface area contributed by atoms with Crippen molar-refractivity contribution < 1.29 is 18.3 Å². The van der Waals surface area contributed by atoms with Crippen LogP contribution in [0.5, 0.6) is 0 Å². The van der Waals surface area contributed by atoms with Crippen LogP contribution in [0.15, 0.2) is 12.4 Å². The first-order valence-electron chi connectivity index (χ1n) is 6.63. The number of nitrogens with zero attached hydrogens (tertiary/aromatic N) is 2. The van der Waals surface area contributed by atoms with Crippen LogP contribution in [0.1, 0.15) is 48.7 Å². The third-order valence-corrected chi connectivity index (χ3v) is 3.80. The molecule has 2 fully saturated rings. The number of hydrogen-bond donors (Lipinski definition) is 0. The standard InChI is InChI=1S/C13H16F2N2O2/c14-13(15)5-9(6-13)12(18)10-7-16-17(8-10)11-3-1-2-4-19-11/h7-9,11H,1-6H2. The summed E-state index contributed by atoms with van der Waals surface area (Å²) in [4.78, 5) is 12.0. The van der Waals surface area contributed by atoms with E-state index in [4.69, 9.17) is 4.74 Å². The van der Waals surface area contributed by atoms with Gasteiger partial charge in [0.05, 0.1) is 11.8 Å². The molecule has 6 heteroatoms. The van der Waals surface area contributed by atoms with Crippen molar-refractivity contribution in [1.29, 1.82) is 0 Å². The van der Waals surface area contributed by atoms with Crippen molar-refractivity contribution in [2.75, 3.05) is 6.61 Å². The number of ether oxygens (including phenoxy) is 1. The lowest BCUT2D eigenvalue weighted by Crippen LogP contribution is -2.39. The maximum atomic E-state index is 12.8. The molecule has 2 heterocycles. The van der Waals surface area contributed by atoms with Gasteiger partial charge in [0.2, 0.25) is 5.92 Å². The number of aromatic nitrogens is 2. The predicted molar refractivity (Wildman–Crippen MR) is 63.1 cm³/mol. The Morgan fingerprint density at radius 1 is 1.42 bits per heavy atom. The second kappa shape index (κ2) is 4.67. The molecule has 1 saturated heterocycles. The molecule has 2 aliphatic rings. The monoisotopic (exact) mass is 270 g/mol. The molecule has 4 nitrogen and oxygen atoms in total. The van der Waals surface area contributed by atoms with E-state index in [0.717, 1.165) is 19.3 Å². The lowest BCUT2D eigenvalue weighted by molar-refractivity contribution is -0.0982. The number of Topliss-reactive ketones (excluding diaryl/α,β-unsaturated/α-hetero) is 1. The van der Waals surface area contributed by atoms with E-state index in [1.165, 1.54) is 6.20 Å². The quantitative estimate of drug-likeness (QED) is 0.793. The number of carbonyl (C=O) groups is 1. The highest BCUT2D eigenvalue weighted by molar-refractivity contribution is 5.98. The van der Waals surface area contributed by atoms with Gasteiger partial charge in [-0.15, -0.1) is 0 Å². The zero-order valence-corrected chi connectivity index (χ0v) is 10.5. The van der Waals surface area contributed by atoms with Crippen molar-refractivity contribution in [2.24, 2.45) is 5.92 Å². The first-order valence-corrected chi connectivity index (χ1v) is 6.63. The number of halogens is 2. The van der Waals surface area contributed by atoms with Crippen LogP contribution in [0.2, 0.25) is 0 Å². The average molecular weight is 270 g/mol. The van der Waals surface area contributed by atoms with Crippen LogP contribution in [-0.4, -0.2) is 28.1 Å². The van der Waals surface area contributed by atoms with Crippen molar-refractivity contribution in [3.05, 3.63) is 18.0 Å². The summed E-state index contributed by atoms with van der Waals surface area (Å²) in [5.41, 5.74) is 0.412. The summed E-state index contributed by atoms with van der Waals surface area (Å²) < 4.78 is 32.7. The van der Waals surface area contributed by atoms with Crippen molar-refractivity contribution >= 4 is 5.78 Å².